The number of rotatable bonds is 6. The lowest BCUT2D eigenvalue weighted by Crippen LogP contribution is -2.49. The third kappa shape index (κ3) is 4.94. The molecule has 5 rings (SSSR count). The Labute approximate surface area is 209 Å². The Morgan fingerprint density at radius 1 is 1.03 bits per heavy atom. The van der Waals surface area contributed by atoms with Gasteiger partial charge in [-0.1, -0.05) is 41.9 Å². The molecule has 0 aromatic heterocycles. The average molecular weight is 489 g/mol. The fraction of sp³-hybridized carbons (Fsp3) is 0.286. The highest BCUT2D eigenvalue weighted by Crippen LogP contribution is 2.38. The Hall–Kier alpha value is -2.94. The Morgan fingerprint density at radius 2 is 1.76 bits per heavy atom. The zero-order chi connectivity index (χ0) is 23.5. The fourth-order valence-electron chi connectivity index (χ4n) is 5.00. The lowest BCUT2D eigenvalue weighted by molar-refractivity contribution is 0.0359. The van der Waals surface area contributed by atoms with Crippen molar-refractivity contribution in [2.45, 2.75) is 54.5 Å². The largest absolute Gasteiger partial charge is 0.490 e. The van der Waals surface area contributed by atoms with E-state index in [9.17, 15) is 4.79 Å². The van der Waals surface area contributed by atoms with E-state index in [-0.39, 0.29) is 24.1 Å². The molecule has 0 N–H and O–H groups in total. The summed E-state index contributed by atoms with van der Waals surface area (Å²) in [4.78, 5) is 16.5. The summed E-state index contributed by atoms with van der Waals surface area (Å²) in [5.74, 6) is 1.65. The van der Waals surface area contributed by atoms with Gasteiger partial charge in [-0.3, -0.25) is 4.79 Å². The van der Waals surface area contributed by atoms with Crippen LogP contribution in [-0.2, 0) is 5.75 Å². The van der Waals surface area contributed by atoms with Crippen LogP contribution >= 0.6 is 23.4 Å². The van der Waals surface area contributed by atoms with E-state index in [2.05, 4.69) is 11.0 Å². The number of halogens is 1. The smallest absolute Gasteiger partial charge is 0.254 e. The molecule has 4 nitrogen and oxygen atoms in total. The highest BCUT2D eigenvalue weighted by Gasteiger charge is 2.44. The Bertz CT molecular complexity index is 1210. The highest BCUT2D eigenvalue weighted by atomic mass is 35.5. The van der Waals surface area contributed by atoms with E-state index in [0.717, 1.165) is 58.2 Å². The van der Waals surface area contributed by atoms with Gasteiger partial charge in [0.05, 0.1) is 16.7 Å². The summed E-state index contributed by atoms with van der Waals surface area (Å²) < 4.78 is 6.20. The van der Waals surface area contributed by atoms with Crippen molar-refractivity contribution in [2.75, 3.05) is 0 Å². The Balaban J connectivity index is 1.20. The van der Waals surface area contributed by atoms with Gasteiger partial charge in [-0.05, 0) is 60.9 Å². The van der Waals surface area contributed by atoms with Crippen LogP contribution in [-0.4, -0.2) is 29.0 Å². The molecule has 6 heteroatoms. The summed E-state index contributed by atoms with van der Waals surface area (Å²) in [5, 5.41) is 9.88. The predicted octanol–water partition coefficient (Wildman–Crippen LogP) is 6.72. The first-order chi connectivity index (χ1) is 16.6. The minimum atomic E-state index is 0.0692. The Kier molecular flexibility index (Phi) is 6.80. The van der Waals surface area contributed by atoms with Gasteiger partial charge in [0, 0.05) is 41.1 Å². The van der Waals surface area contributed by atoms with Crippen LogP contribution < -0.4 is 4.74 Å². The van der Waals surface area contributed by atoms with Gasteiger partial charge < -0.3 is 9.64 Å². The van der Waals surface area contributed by atoms with E-state index in [1.165, 1.54) is 0 Å². The van der Waals surface area contributed by atoms with Gasteiger partial charge in [-0.15, -0.1) is 11.8 Å². The molecule has 34 heavy (non-hydrogen) atoms. The number of piperidine rings is 1. The van der Waals surface area contributed by atoms with Crippen LogP contribution in [0.15, 0.2) is 77.7 Å². The second-order valence-electron chi connectivity index (χ2n) is 8.86. The first-order valence-corrected chi connectivity index (χ1v) is 12.9. The number of ether oxygens (including phenoxy) is 1. The molecule has 2 heterocycles. The van der Waals surface area contributed by atoms with Crippen LogP contribution in [0.1, 0.15) is 47.2 Å². The van der Waals surface area contributed by atoms with Crippen LogP contribution in [0.3, 0.4) is 0 Å². The van der Waals surface area contributed by atoms with Crippen molar-refractivity contribution in [2.24, 2.45) is 0 Å². The van der Waals surface area contributed by atoms with Crippen molar-refractivity contribution in [3.63, 3.8) is 0 Å². The molecule has 0 spiro atoms. The fourth-order valence-corrected chi connectivity index (χ4v) is 6.20. The first kappa shape index (κ1) is 22.8. The average Bonchev–Trinajstić information content (AvgIpc) is 3.13. The van der Waals surface area contributed by atoms with Crippen molar-refractivity contribution >= 4 is 29.3 Å². The molecule has 2 fully saturated rings. The second-order valence-corrected chi connectivity index (χ2v) is 10.3. The number of amides is 1. The van der Waals surface area contributed by atoms with Crippen LogP contribution in [0.25, 0.3) is 0 Å². The lowest BCUT2D eigenvalue weighted by Gasteiger charge is -2.39. The SMILES string of the molecule is N#Cc1cccc(OC2CC3CCC(C2)N3C(=O)c2ccc(CSc3ccccc3Cl)cc2)c1. The third-order valence-electron chi connectivity index (χ3n) is 6.62. The monoisotopic (exact) mass is 488 g/mol. The zero-order valence-corrected chi connectivity index (χ0v) is 20.3. The number of nitrogens with zero attached hydrogens (tertiary/aromatic N) is 2. The summed E-state index contributed by atoms with van der Waals surface area (Å²) in [6, 6.07) is 25.7. The van der Waals surface area contributed by atoms with Gasteiger partial charge in [0.25, 0.3) is 5.91 Å². The van der Waals surface area contributed by atoms with Gasteiger partial charge in [0.1, 0.15) is 11.9 Å². The minimum Gasteiger partial charge on any atom is -0.490 e. The molecule has 172 valence electrons. The molecule has 2 aliphatic heterocycles. The standard InChI is InChI=1S/C28H25ClN2O2S/c29-26-6-1-2-7-27(26)34-18-19-8-10-21(11-9-19)28(32)31-22-12-13-23(31)16-25(15-22)33-24-5-3-4-20(14-24)17-30/h1-11,14,22-23,25H,12-13,15-16,18H2. The van der Waals surface area contributed by atoms with Crippen molar-refractivity contribution in [1.82, 2.24) is 4.90 Å². The zero-order valence-electron chi connectivity index (χ0n) is 18.7. The lowest BCUT2D eigenvalue weighted by atomic mass is 9.98. The highest BCUT2D eigenvalue weighted by molar-refractivity contribution is 7.98. The Morgan fingerprint density at radius 3 is 2.47 bits per heavy atom. The topological polar surface area (TPSA) is 53.3 Å². The van der Waals surface area contributed by atoms with Crippen LogP contribution in [0.4, 0.5) is 0 Å². The number of carbonyl (C=O) groups is 1. The van der Waals surface area contributed by atoms with Crippen molar-refractivity contribution < 1.29 is 9.53 Å². The number of nitriles is 1. The molecule has 2 aliphatic rings. The summed E-state index contributed by atoms with van der Waals surface area (Å²) in [6.45, 7) is 0. The molecule has 2 unspecified atom stereocenters. The van der Waals surface area contributed by atoms with Gasteiger partial charge in [-0.25, -0.2) is 0 Å². The summed E-state index contributed by atoms with van der Waals surface area (Å²) in [7, 11) is 0. The minimum absolute atomic E-state index is 0.0692. The van der Waals surface area contributed by atoms with Crippen molar-refractivity contribution in [3.05, 3.63) is 94.5 Å². The molecule has 2 atom stereocenters. The first-order valence-electron chi connectivity index (χ1n) is 11.6. The van der Waals surface area contributed by atoms with Crippen LogP contribution in [0, 0.1) is 11.3 Å². The molecule has 0 aliphatic carbocycles. The van der Waals surface area contributed by atoms with E-state index in [4.69, 9.17) is 21.6 Å². The molecular formula is C28H25ClN2O2S. The van der Waals surface area contributed by atoms with E-state index < -0.39 is 0 Å². The van der Waals surface area contributed by atoms with E-state index in [1.54, 1.807) is 23.9 Å². The predicted molar refractivity (Wildman–Crippen MR) is 135 cm³/mol. The maximum atomic E-state index is 13.4. The van der Waals surface area contributed by atoms with Crippen molar-refractivity contribution in [1.29, 1.82) is 5.26 Å². The van der Waals surface area contributed by atoms with E-state index in [1.807, 2.05) is 60.7 Å². The van der Waals surface area contributed by atoms with Gasteiger partial charge in [-0.2, -0.15) is 5.26 Å². The van der Waals surface area contributed by atoms with Crippen LogP contribution in [0.2, 0.25) is 5.02 Å². The maximum Gasteiger partial charge on any atom is 0.254 e. The quantitative estimate of drug-likeness (QED) is 0.361. The number of hydrogen-bond donors (Lipinski definition) is 0. The molecule has 1 amide bonds. The van der Waals surface area contributed by atoms with E-state index >= 15 is 0 Å². The molecule has 0 radical (unpaired) electrons. The molecule has 0 saturated carbocycles. The maximum absolute atomic E-state index is 13.4. The normalized spacial score (nSPS) is 21.2. The van der Waals surface area contributed by atoms with Crippen LogP contribution in [0.5, 0.6) is 5.75 Å². The second kappa shape index (κ2) is 10.1. The molecule has 3 aromatic rings. The number of benzene rings is 3. The summed E-state index contributed by atoms with van der Waals surface area (Å²) in [6.07, 6.45) is 3.75. The molecular weight excluding hydrogens is 464 g/mol. The van der Waals surface area contributed by atoms with Gasteiger partial charge in [0.2, 0.25) is 0 Å². The number of carbonyl (C=O) groups excluding carboxylic acids is 1. The van der Waals surface area contributed by atoms with Crippen molar-refractivity contribution in [3.8, 4) is 11.8 Å². The number of hydrogen-bond acceptors (Lipinski definition) is 4. The molecule has 2 saturated heterocycles. The number of fused-ring (bicyclic) bond motifs is 2. The van der Waals surface area contributed by atoms with E-state index in [0.29, 0.717) is 5.56 Å². The third-order valence-corrected chi connectivity index (χ3v) is 8.21. The number of thioether (sulfide) groups is 1. The summed E-state index contributed by atoms with van der Waals surface area (Å²) >= 11 is 7.95. The molecule has 2 bridgehead atoms. The van der Waals surface area contributed by atoms with Gasteiger partial charge in [0.15, 0.2) is 0 Å². The summed E-state index contributed by atoms with van der Waals surface area (Å²) in [5.41, 5.74) is 2.50. The molecule has 3 aromatic carbocycles. The van der Waals surface area contributed by atoms with Gasteiger partial charge >= 0.3 is 0 Å².